The third-order valence-corrected chi connectivity index (χ3v) is 3.16. The molecule has 0 aliphatic heterocycles. The van der Waals surface area contributed by atoms with E-state index in [9.17, 15) is 31.1 Å². The molecular weight excluding hydrogens is 330 g/mol. The van der Waals surface area contributed by atoms with Gasteiger partial charge in [-0.15, -0.1) is 0 Å². The van der Waals surface area contributed by atoms with E-state index in [0.717, 1.165) is 19.1 Å². The van der Waals surface area contributed by atoms with Crippen LogP contribution in [0.3, 0.4) is 0 Å². The summed E-state index contributed by atoms with van der Waals surface area (Å²) in [5.74, 6) is -2.16. The molecule has 0 aromatic heterocycles. The molecule has 0 unspecified atom stereocenters. The molecular formula is C14H14F6O3. The molecule has 0 spiro atoms. The minimum Gasteiger partial charge on any atom is -0.450 e. The van der Waals surface area contributed by atoms with Crippen LogP contribution in [0.5, 0.6) is 0 Å². The van der Waals surface area contributed by atoms with Gasteiger partial charge in [-0.25, -0.2) is 4.79 Å². The van der Waals surface area contributed by atoms with Gasteiger partial charge >= 0.3 is 18.3 Å². The number of hydrogen-bond donors (Lipinski definition) is 0. The Morgan fingerprint density at radius 1 is 1.09 bits per heavy atom. The Morgan fingerprint density at radius 3 is 1.96 bits per heavy atom. The van der Waals surface area contributed by atoms with Crippen LogP contribution in [0, 0.1) is 0 Å². The lowest BCUT2D eigenvalue weighted by Gasteiger charge is -2.33. The van der Waals surface area contributed by atoms with Crippen LogP contribution in [0.2, 0.25) is 0 Å². The average Bonchev–Trinajstić information content (AvgIpc) is 2.44. The second-order valence-corrected chi connectivity index (χ2v) is 4.59. The SMILES string of the molecule is CC[C@@H](OC(=O)[C@@](OC)(c1ccccc1)C(F)(F)F)C(F)(F)F. The van der Waals surface area contributed by atoms with E-state index in [1.165, 1.54) is 18.2 Å². The van der Waals surface area contributed by atoms with Crippen LogP contribution in [0.1, 0.15) is 18.9 Å². The maximum atomic E-state index is 13.5. The van der Waals surface area contributed by atoms with E-state index >= 15 is 0 Å². The third-order valence-electron chi connectivity index (χ3n) is 3.16. The number of methoxy groups -OCH3 is 1. The second kappa shape index (κ2) is 6.77. The quantitative estimate of drug-likeness (QED) is 0.599. The maximum absolute atomic E-state index is 13.5. The zero-order valence-corrected chi connectivity index (χ0v) is 12.2. The van der Waals surface area contributed by atoms with Gasteiger partial charge in [0, 0.05) is 12.7 Å². The van der Waals surface area contributed by atoms with Gasteiger partial charge in [0.1, 0.15) is 0 Å². The summed E-state index contributed by atoms with van der Waals surface area (Å²) in [6.45, 7) is 1.04. The number of benzene rings is 1. The van der Waals surface area contributed by atoms with Crippen molar-refractivity contribution < 1.29 is 40.6 Å². The highest BCUT2D eigenvalue weighted by Crippen LogP contribution is 2.43. The molecule has 0 radical (unpaired) electrons. The molecule has 1 aromatic rings. The van der Waals surface area contributed by atoms with Crippen LogP contribution in [-0.2, 0) is 19.9 Å². The van der Waals surface area contributed by atoms with Crippen molar-refractivity contribution in [3.8, 4) is 0 Å². The highest BCUT2D eigenvalue weighted by atomic mass is 19.4. The van der Waals surface area contributed by atoms with E-state index in [1.807, 2.05) is 0 Å². The molecule has 2 atom stereocenters. The first-order valence-electron chi connectivity index (χ1n) is 6.45. The summed E-state index contributed by atoms with van der Waals surface area (Å²) >= 11 is 0. The van der Waals surface area contributed by atoms with Crippen LogP contribution < -0.4 is 0 Å². The molecule has 0 saturated heterocycles. The average molecular weight is 344 g/mol. The smallest absolute Gasteiger partial charge is 0.432 e. The molecule has 3 nitrogen and oxygen atoms in total. The van der Waals surface area contributed by atoms with Crippen LogP contribution in [0.25, 0.3) is 0 Å². The molecule has 1 aromatic carbocycles. The van der Waals surface area contributed by atoms with Crippen LogP contribution in [-0.4, -0.2) is 31.5 Å². The number of halogens is 6. The van der Waals surface area contributed by atoms with E-state index in [2.05, 4.69) is 9.47 Å². The molecule has 0 heterocycles. The summed E-state index contributed by atoms with van der Waals surface area (Å²) in [6, 6.07) is 5.63. The molecule has 0 saturated carbocycles. The number of alkyl halides is 6. The van der Waals surface area contributed by atoms with Gasteiger partial charge in [0.05, 0.1) is 0 Å². The number of carbonyl (C=O) groups is 1. The Bertz CT molecular complexity index is 526. The maximum Gasteiger partial charge on any atom is 0.432 e. The summed E-state index contributed by atoms with van der Waals surface area (Å²) < 4.78 is 86.8. The topological polar surface area (TPSA) is 35.5 Å². The van der Waals surface area contributed by atoms with E-state index in [4.69, 9.17) is 0 Å². The highest BCUT2D eigenvalue weighted by Gasteiger charge is 2.65. The molecule has 130 valence electrons. The fourth-order valence-corrected chi connectivity index (χ4v) is 1.98. The lowest BCUT2D eigenvalue weighted by molar-refractivity contribution is -0.288. The van der Waals surface area contributed by atoms with Gasteiger partial charge in [-0.05, 0) is 6.42 Å². The molecule has 0 N–H and O–H groups in total. The first kappa shape index (κ1) is 19.3. The van der Waals surface area contributed by atoms with Gasteiger partial charge in [-0.3, -0.25) is 0 Å². The van der Waals surface area contributed by atoms with Crippen molar-refractivity contribution in [3.05, 3.63) is 35.9 Å². The van der Waals surface area contributed by atoms with Crippen molar-refractivity contribution in [2.45, 2.75) is 37.4 Å². The Hall–Kier alpha value is -1.77. The van der Waals surface area contributed by atoms with Crippen molar-refractivity contribution >= 4 is 5.97 Å². The van der Waals surface area contributed by atoms with Crippen molar-refractivity contribution in [1.29, 1.82) is 0 Å². The Morgan fingerprint density at radius 2 is 1.61 bits per heavy atom. The number of esters is 1. The van der Waals surface area contributed by atoms with Gasteiger partial charge in [0.25, 0.3) is 5.60 Å². The minimum atomic E-state index is -5.32. The molecule has 9 heteroatoms. The molecule has 0 aliphatic rings. The molecule has 23 heavy (non-hydrogen) atoms. The largest absolute Gasteiger partial charge is 0.450 e. The van der Waals surface area contributed by atoms with Crippen molar-refractivity contribution in [2.24, 2.45) is 0 Å². The predicted octanol–water partition coefficient (Wildman–Crippen LogP) is 3.97. The van der Waals surface area contributed by atoms with Crippen LogP contribution >= 0.6 is 0 Å². The first-order chi connectivity index (χ1) is 10.5. The highest BCUT2D eigenvalue weighted by molar-refractivity contribution is 5.82. The van der Waals surface area contributed by atoms with Crippen LogP contribution in [0.15, 0.2) is 30.3 Å². The zero-order valence-electron chi connectivity index (χ0n) is 12.2. The first-order valence-corrected chi connectivity index (χ1v) is 6.45. The number of carbonyl (C=O) groups excluding carboxylic acids is 1. The lowest BCUT2D eigenvalue weighted by Crippen LogP contribution is -2.53. The molecule has 0 bridgehead atoms. The lowest BCUT2D eigenvalue weighted by atomic mass is 9.92. The summed E-state index contributed by atoms with van der Waals surface area (Å²) in [5, 5.41) is 0. The second-order valence-electron chi connectivity index (χ2n) is 4.59. The molecule has 1 rings (SSSR count). The van der Waals surface area contributed by atoms with Crippen molar-refractivity contribution in [1.82, 2.24) is 0 Å². The molecule has 0 fully saturated rings. The summed E-state index contributed by atoms with van der Waals surface area (Å²) in [4.78, 5) is 12.0. The Kier molecular flexibility index (Phi) is 5.68. The monoisotopic (exact) mass is 344 g/mol. The predicted molar refractivity (Wildman–Crippen MR) is 67.4 cm³/mol. The fourth-order valence-electron chi connectivity index (χ4n) is 1.98. The van der Waals surface area contributed by atoms with Gasteiger partial charge in [-0.1, -0.05) is 37.3 Å². The van der Waals surface area contributed by atoms with Gasteiger partial charge in [0.15, 0.2) is 6.10 Å². The van der Waals surface area contributed by atoms with E-state index in [1.54, 1.807) is 0 Å². The van der Waals surface area contributed by atoms with Gasteiger partial charge in [-0.2, -0.15) is 26.3 Å². The number of hydrogen-bond acceptors (Lipinski definition) is 3. The minimum absolute atomic E-state index is 0.580. The number of ether oxygens (including phenoxy) is 2. The van der Waals surface area contributed by atoms with E-state index in [0.29, 0.717) is 7.11 Å². The van der Waals surface area contributed by atoms with Crippen LogP contribution in [0.4, 0.5) is 26.3 Å². The fraction of sp³-hybridized carbons (Fsp3) is 0.500. The summed E-state index contributed by atoms with van der Waals surface area (Å²) in [7, 11) is 0.580. The van der Waals surface area contributed by atoms with E-state index in [-0.39, 0.29) is 0 Å². The van der Waals surface area contributed by atoms with E-state index < -0.39 is 42.0 Å². The standard InChI is InChI=1S/C14H14F6O3/c1-3-10(13(15,16)17)23-11(21)12(22-2,14(18,19)20)9-7-5-4-6-8-9/h4-8,10H,3H2,1-2H3/t10-,12+/m1/s1. The molecule has 0 aliphatic carbocycles. The zero-order chi connectivity index (χ0) is 17.9. The third kappa shape index (κ3) is 3.77. The Labute approximate surface area is 128 Å². The number of rotatable bonds is 5. The van der Waals surface area contributed by atoms with Gasteiger partial charge in [0.2, 0.25) is 0 Å². The molecule has 0 amide bonds. The summed E-state index contributed by atoms with van der Waals surface area (Å²) in [5.41, 5.74) is -4.30. The normalized spacial score (nSPS) is 16.5. The summed E-state index contributed by atoms with van der Waals surface area (Å²) in [6.07, 6.45) is -13.7. The van der Waals surface area contributed by atoms with Crippen molar-refractivity contribution in [2.75, 3.05) is 7.11 Å². The van der Waals surface area contributed by atoms with Crippen molar-refractivity contribution in [3.63, 3.8) is 0 Å². The van der Waals surface area contributed by atoms with Gasteiger partial charge < -0.3 is 9.47 Å². The Balaban J connectivity index is 3.34.